The van der Waals surface area contributed by atoms with Crippen molar-refractivity contribution >= 4 is 15.9 Å². The van der Waals surface area contributed by atoms with Crippen LogP contribution in [0.5, 0.6) is 0 Å². The Bertz CT molecular complexity index is 477. The maximum absolute atomic E-state index is 4.03. The van der Waals surface area contributed by atoms with Gasteiger partial charge in [-0.25, -0.2) is 0 Å². The van der Waals surface area contributed by atoms with E-state index in [2.05, 4.69) is 46.9 Å². The van der Waals surface area contributed by atoms with Crippen LogP contribution in [0.3, 0.4) is 0 Å². The van der Waals surface area contributed by atoms with E-state index in [1.807, 2.05) is 24.5 Å². The van der Waals surface area contributed by atoms with Crippen molar-refractivity contribution in [3.8, 4) is 11.1 Å². The normalized spacial score (nSPS) is 10.3. The van der Waals surface area contributed by atoms with Crippen LogP contribution in [-0.4, -0.2) is 4.98 Å². The Morgan fingerprint density at radius 3 is 2.27 bits per heavy atom. The summed E-state index contributed by atoms with van der Waals surface area (Å²) in [6, 6.07) is 8.31. The van der Waals surface area contributed by atoms with E-state index in [1.165, 1.54) is 22.3 Å². The van der Waals surface area contributed by atoms with Crippen LogP contribution < -0.4 is 0 Å². The Labute approximate surface area is 98.3 Å². The molecule has 0 radical (unpaired) electrons. The Hall–Kier alpha value is -1.15. The average molecular weight is 262 g/mol. The second kappa shape index (κ2) is 4.15. The summed E-state index contributed by atoms with van der Waals surface area (Å²) in [5.74, 6) is 0. The van der Waals surface area contributed by atoms with Crippen LogP contribution in [0.25, 0.3) is 11.1 Å². The van der Waals surface area contributed by atoms with Crippen LogP contribution in [0.15, 0.2) is 41.1 Å². The third-order valence-corrected chi connectivity index (χ3v) is 3.57. The van der Waals surface area contributed by atoms with Gasteiger partial charge in [-0.1, -0.05) is 22.0 Å². The maximum atomic E-state index is 4.03. The van der Waals surface area contributed by atoms with Gasteiger partial charge in [0.1, 0.15) is 0 Å². The zero-order chi connectivity index (χ0) is 10.8. The molecule has 0 saturated heterocycles. The third-order valence-electron chi connectivity index (χ3n) is 2.71. The van der Waals surface area contributed by atoms with Gasteiger partial charge in [-0.15, -0.1) is 0 Å². The quantitative estimate of drug-likeness (QED) is 0.753. The number of hydrogen-bond acceptors (Lipinski definition) is 1. The van der Waals surface area contributed by atoms with E-state index in [-0.39, 0.29) is 0 Å². The van der Waals surface area contributed by atoms with E-state index in [9.17, 15) is 0 Å². The number of halogens is 1. The van der Waals surface area contributed by atoms with Crippen molar-refractivity contribution in [1.82, 2.24) is 4.98 Å². The minimum Gasteiger partial charge on any atom is -0.265 e. The SMILES string of the molecule is Cc1c(Br)ccc(-c2ccncc2)c1C. The topological polar surface area (TPSA) is 12.9 Å². The van der Waals surface area contributed by atoms with Crippen molar-refractivity contribution in [3.05, 3.63) is 52.3 Å². The summed E-state index contributed by atoms with van der Waals surface area (Å²) in [6.07, 6.45) is 3.65. The molecule has 0 atom stereocenters. The van der Waals surface area contributed by atoms with E-state index >= 15 is 0 Å². The van der Waals surface area contributed by atoms with E-state index in [0.717, 1.165) is 4.47 Å². The summed E-state index contributed by atoms with van der Waals surface area (Å²) in [6.45, 7) is 4.28. The average Bonchev–Trinajstić information content (AvgIpc) is 2.27. The second-order valence-electron chi connectivity index (χ2n) is 3.58. The molecule has 0 aliphatic heterocycles. The van der Waals surface area contributed by atoms with Gasteiger partial charge in [0, 0.05) is 16.9 Å². The van der Waals surface area contributed by atoms with Crippen molar-refractivity contribution in [2.24, 2.45) is 0 Å². The molecule has 2 aromatic rings. The fourth-order valence-corrected chi connectivity index (χ4v) is 2.06. The molecule has 0 saturated carbocycles. The maximum Gasteiger partial charge on any atom is 0.0273 e. The minimum atomic E-state index is 1.16. The molecule has 1 aromatic carbocycles. The predicted octanol–water partition coefficient (Wildman–Crippen LogP) is 4.13. The molecular formula is C13H12BrN. The molecule has 15 heavy (non-hydrogen) atoms. The highest BCUT2D eigenvalue weighted by Gasteiger charge is 2.05. The Kier molecular flexibility index (Phi) is 2.87. The molecule has 0 aliphatic carbocycles. The summed E-state index contributed by atoms with van der Waals surface area (Å²) < 4.78 is 1.16. The van der Waals surface area contributed by atoms with Gasteiger partial charge in [-0.3, -0.25) is 4.98 Å². The van der Waals surface area contributed by atoms with Crippen LogP contribution in [0.4, 0.5) is 0 Å². The molecule has 0 bridgehead atoms. The number of aromatic nitrogens is 1. The molecule has 1 aromatic heterocycles. The largest absolute Gasteiger partial charge is 0.265 e. The highest BCUT2D eigenvalue weighted by atomic mass is 79.9. The van der Waals surface area contributed by atoms with Gasteiger partial charge in [0.15, 0.2) is 0 Å². The molecule has 1 heterocycles. The van der Waals surface area contributed by atoms with Gasteiger partial charge < -0.3 is 0 Å². The molecule has 2 rings (SSSR count). The van der Waals surface area contributed by atoms with Crippen LogP contribution in [0, 0.1) is 13.8 Å². The lowest BCUT2D eigenvalue weighted by Gasteiger charge is -2.10. The van der Waals surface area contributed by atoms with Crippen molar-refractivity contribution in [1.29, 1.82) is 0 Å². The lowest BCUT2D eigenvalue weighted by atomic mass is 9.98. The zero-order valence-corrected chi connectivity index (χ0v) is 10.4. The summed E-state index contributed by atoms with van der Waals surface area (Å²) in [4.78, 5) is 4.03. The van der Waals surface area contributed by atoms with E-state index < -0.39 is 0 Å². The second-order valence-corrected chi connectivity index (χ2v) is 4.44. The van der Waals surface area contributed by atoms with E-state index in [1.54, 1.807) is 0 Å². The van der Waals surface area contributed by atoms with Gasteiger partial charge in [0.05, 0.1) is 0 Å². The van der Waals surface area contributed by atoms with Gasteiger partial charge in [0.25, 0.3) is 0 Å². The van der Waals surface area contributed by atoms with Gasteiger partial charge in [0.2, 0.25) is 0 Å². The Balaban J connectivity index is 2.60. The highest BCUT2D eigenvalue weighted by molar-refractivity contribution is 9.10. The van der Waals surface area contributed by atoms with Crippen molar-refractivity contribution in [2.75, 3.05) is 0 Å². The minimum absolute atomic E-state index is 1.16. The highest BCUT2D eigenvalue weighted by Crippen LogP contribution is 2.29. The predicted molar refractivity (Wildman–Crippen MR) is 66.8 cm³/mol. The third kappa shape index (κ3) is 1.95. The Morgan fingerprint density at radius 1 is 0.933 bits per heavy atom. The molecule has 0 N–H and O–H groups in total. The van der Waals surface area contributed by atoms with E-state index in [4.69, 9.17) is 0 Å². The zero-order valence-electron chi connectivity index (χ0n) is 8.79. The standard InChI is InChI=1S/C13H12BrN/c1-9-10(2)13(14)4-3-12(9)11-5-7-15-8-6-11/h3-8H,1-2H3. The summed E-state index contributed by atoms with van der Waals surface area (Å²) in [7, 11) is 0. The number of rotatable bonds is 1. The molecule has 76 valence electrons. The lowest BCUT2D eigenvalue weighted by molar-refractivity contribution is 1.29. The van der Waals surface area contributed by atoms with E-state index in [0.29, 0.717) is 0 Å². The van der Waals surface area contributed by atoms with Crippen LogP contribution in [0.1, 0.15) is 11.1 Å². The number of hydrogen-bond donors (Lipinski definition) is 0. The fourth-order valence-electron chi connectivity index (χ4n) is 1.63. The van der Waals surface area contributed by atoms with Gasteiger partial charge in [-0.05, 0) is 54.3 Å². The first-order valence-corrected chi connectivity index (χ1v) is 5.65. The van der Waals surface area contributed by atoms with Crippen LogP contribution >= 0.6 is 15.9 Å². The first-order chi connectivity index (χ1) is 7.20. The number of benzene rings is 1. The molecule has 0 amide bonds. The molecule has 0 aliphatic rings. The van der Waals surface area contributed by atoms with Crippen molar-refractivity contribution < 1.29 is 0 Å². The monoisotopic (exact) mass is 261 g/mol. The number of pyridine rings is 1. The Morgan fingerprint density at radius 2 is 1.60 bits per heavy atom. The van der Waals surface area contributed by atoms with Gasteiger partial charge >= 0.3 is 0 Å². The summed E-state index contributed by atoms with van der Waals surface area (Å²) in [5, 5.41) is 0. The first kappa shape index (κ1) is 10.4. The van der Waals surface area contributed by atoms with Crippen molar-refractivity contribution in [2.45, 2.75) is 13.8 Å². The molecule has 0 spiro atoms. The summed E-state index contributed by atoms with van der Waals surface area (Å²) >= 11 is 3.54. The lowest BCUT2D eigenvalue weighted by Crippen LogP contribution is -1.88. The molecular weight excluding hydrogens is 250 g/mol. The molecule has 2 heteroatoms. The summed E-state index contributed by atoms with van der Waals surface area (Å²) in [5.41, 5.74) is 5.11. The fraction of sp³-hybridized carbons (Fsp3) is 0.154. The van der Waals surface area contributed by atoms with Crippen molar-refractivity contribution in [3.63, 3.8) is 0 Å². The number of nitrogens with zero attached hydrogens (tertiary/aromatic N) is 1. The molecule has 1 nitrogen and oxygen atoms in total. The van der Waals surface area contributed by atoms with Gasteiger partial charge in [-0.2, -0.15) is 0 Å². The van der Waals surface area contributed by atoms with Crippen LogP contribution in [0.2, 0.25) is 0 Å². The smallest absolute Gasteiger partial charge is 0.0273 e. The molecule has 0 unspecified atom stereocenters. The first-order valence-electron chi connectivity index (χ1n) is 4.86. The molecule has 0 fully saturated rings. The van der Waals surface area contributed by atoms with Crippen LogP contribution in [-0.2, 0) is 0 Å².